The molecular weight excluding hydrogens is 498 g/mol. The van der Waals surface area contributed by atoms with Crippen LogP contribution in [0.1, 0.15) is 42.9 Å². The van der Waals surface area contributed by atoms with Crippen LogP contribution < -0.4 is 5.32 Å². The van der Waals surface area contributed by atoms with Crippen molar-refractivity contribution in [2.75, 3.05) is 25.6 Å². The molecule has 0 radical (unpaired) electrons. The highest BCUT2D eigenvalue weighted by Gasteiger charge is 2.27. The van der Waals surface area contributed by atoms with Gasteiger partial charge in [0.2, 0.25) is 0 Å². The molecule has 0 spiro atoms. The number of rotatable bonds is 8. The van der Waals surface area contributed by atoms with Crippen LogP contribution in [0.3, 0.4) is 0 Å². The molecule has 2 aromatic heterocycles. The van der Waals surface area contributed by atoms with Gasteiger partial charge >= 0.3 is 17.9 Å². The fourth-order valence-electron chi connectivity index (χ4n) is 3.59. The summed E-state index contributed by atoms with van der Waals surface area (Å²) in [5, 5.41) is 2.62. The lowest BCUT2D eigenvalue weighted by Crippen LogP contribution is -2.21. The minimum atomic E-state index is -0.723. The third-order valence-electron chi connectivity index (χ3n) is 5.35. The highest BCUT2D eigenvalue weighted by molar-refractivity contribution is 7.18. The fraction of sp³-hybridized carbons (Fsp3) is 0.192. The van der Waals surface area contributed by atoms with E-state index in [1.165, 1.54) is 7.11 Å². The summed E-state index contributed by atoms with van der Waals surface area (Å²) in [6.45, 7) is 2.76. The van der Waals surface area contributed by atoms with Gasteiger partial charge in [-0.1, -0.05) is 30.3 Å². The molecule has 0 bridgehead atoms. The van der Waals surface area contributed by atoms with Crippen LogP contribution in [0, 0.1) is 6.92 Å². The number of nitrogens with zero attached hydrogens (tertiary/aromatic N) is 1. The quantitative estimate of drug-likeness (QED) is 0.258. The average molecular weight is 522 g/mol. The summed E-state index contributed by atoms with van der Waals surface area (Å²) in [5.74, 6) is -2.08. The summed E-state index contributed by atoms with van der Waals surface area (Å²) in [5.41, 5.74) is 2.81. The molecule has 4 rings (SSSR count). The normalized spacial score (nSPS) is 10.7. The number of imidazole rings is 1. The van der Waals surface area contributed by atoms with E-state index in [0.717, 1.165) is 16.9 Å². The number of H-pyrrole nitrogens is 1. The molecule has 0 unspecified atom stereocenters. The topological polar surface area (TPSA) is 137 Å². The second-order valence-corrected chi connectivity index (χ2v) is 8.80. The van der Waals surface area contributed by atoms with Crippen molar-refractivity contribution in [2.45, 2.75) is 13.8 Å². The number of aromatic amines is 1. The SMILES string of the molecule is CCOC(=O)c1sc(NC(=O)COC(=O)c2ccc3nc(-c4ccccc4)[nH]c3c2)c(C(=O)OC)c1C. The number of aromatic nitrogens is 2. The van der Waals surface area contributed by atoms with Gasteiger partial charge in [0.1, 0.15) is 15.7 Å². The number of thiophene rings is 1. The first-order valence-electron chi connectivity index (χ1n) is 11.2. The van der Waals surface area contributed by atoms with E-state index in [1.807, 2.05) is 30.3 Å². The van der Waals surface area contributed by atoms with Crippen molar-refractivity contribution in [3.8, 4) is 11.4 Å². The van der Waals surface area contributed by atoms with Crippen LogP contribution in [0.2, 0.25) is 0 Å². The number of esters is 3. The molecule has 0 fully saturated rings. The summed E-state index contributed by atoms with van der Waals surface area (Å²) in [6.07, 6.45) is 0. The Balaban J connectivity index is 1.45. The van der Waals surface area contributed by atoms with Crippen LogP contribution in [-0.4, -0.2) is 54.1 Å². The van der Waals surface area contributed by atoms with Crippen LogP contribution in [-0.2, 0) is 19.0 Å². The lowest BCUT2D eigenvalue weighted by atomic mass is 10.1. The molecule has 0 aliphatic heterocycles. The lowest BCUT2D eigenvalue weighted by Gasteiger charge is -2.07. The number of hydrogen-bond donors (Lipinski definition) is 2. The molecule has 0 aliphatic carbocycles. The zero-order valence-corrected chi connectivity index (χ0v) is 21.1. The smallest absolute Gasteiger partial charge is 0.348 e. The minimum absolute atomic E-state index is 0.0362. The molecule has 0 aliphatic rings. The van der Waals surface area contributed by atoms with E-state index in [0.29, 0.717) is 22.4 Å². The molecule has 190 valence electrons. The summed E-state index contributed by atoms with van der Waals surface area (Å²) >= 11 is 0.880. The van der Waals surface area contributed by atoms with Gasteiger partial charge < -0.3 is 24.5 Å². The van der Waals surface area contributed by atoms with Crippen molar-refractivity contribution in [1.29, 1.82) is 0 Å². The number of methoxy groups -OCH3 is 1. The Bertz CT molecular complexity index is 1490. The third-order valence-corrected chi connectivity index (χ3v) is 6.54. The number of ether oxygens (including phenoxy) is 3. The van der Waals surface area contributed by atoms with E-state index in [4.69, 9.17) is 14.2 Å². The van der Waals surface area contributed by atoms with E-state index >= 15 is 0 Å². The van der Waals surface area contributed by atoms with Crippen LogP contribution in [0.5, 0.6) is 0 Å². The molecule has 0 saturated heterocycles. The molecule has 0 saturated carbocycles. The minimum Gasteiger partial charge on any atom is -0.465 e. The Morgan fingerprint density at radius 1 is 1.00 bits per heavy atom. The number of fused-ring (bicyclic) bond motifs is 1. The molecule has 1 amide bonds. The molecule has 37 heavy (non-hydrogen) atoms. The molecule has 4 aromatic rings. The number of carbonyl (C=O) groups excluding carboxylic acids is 4. The van der Waals surface area contributed by atoms with Gasteiger partial charge in [0.25, 0.3) is 5.91 Å². The monoisotopic (exact) mass is 521 g/mol. The molecule has 0 atom stereocenters. The zero-order valence-electron chi connectivity index (χ0n) is 20.2. The first kappa shape index (κ1) is 25.6. The summed E-state index contributed by atoms with van der Waals surface area (Å²) in [6, 6.07) is 14.4. The highest BCUT2D eigenvalue weighted by atomic mass is 32.1. The van der Waals surface area contributed by atoms with E-state index < -0.39 is 30.4 Å². The van der Waals surface area contributed by atoms with Crippen molar-refractivity contribution in [3.05, 3.63) is 70.1 Å². The molecule has 2 heterocycles. The van der Waals surface area contributed by atoms with Gasteiger partial charge in [-0.15, -0.1) is 11.3 Å². The van der Waals surface area contributed by atoms with Gasteiger partial charge in [-0.05, 0) is 37.6 Å². The van der Waals surface area contributed by atoms with Crippen molar-refractivity contribution in [3.63, 3.8) is 0 Å². The molecule has 2 N–H and O–H groups in total. The van der Waals surface area contributed by atoms with Crippen molar-refractivity contribution >= 4 is 51.2 Å². The van der Waals surface area contributed by atoms with Gasteiger partial charge in [0.15, 0.2) is 6.61 Å². The zero-order chi connectivity index (χ0) is 26.5. The molecule has 10 nitrogen and oxygen atoms in total. The Morgan fingerprint density at radius 3 is 2.46 bits per heavy atom. The second kappa shape index (κ2) is 11.0. The van der Waals surface area contributed by atoms with Crippen LogP contribution in [0.15, 0.2) is 48.5 Å². The van der Waals surface area contributed by atoms with Crippen LogP contribution in [0.25, 0.3) is 22.4 Å². The van der Waals surface area contributed by atoms with E-state index in [1.54, 1.807) is 32.0 Å². The lowest BCUT2D eigenvalue weighted by molar-refractivity contribution is -0.119. The van der Waals surface area contributed by atoms with Gasteiger partial charge in [-0.2, -0.15) is 0 Å². The predicted octanol–water partition coefficient (Wildman–Crippen LogP) is 4.36. The molecule has 11 heteroatoms. The maximum absolute atomic E-state index is 12.6. The number of amides is 1. The van der Waals surface area contributed by atoms with Crippen molar-refractivity contribution in [1.82, 2.24) is 9.97 Å². The van der Waals surface area contributed by atoms with E-state index in [9.17, 15) is 19.2 Å². The van der Waals surface area contributed by atoms with Gasteiger partial charge in [-0.25, -0.2) is 19.4 Å². The molecule has 2 aromatic carbocycles. The maximum Gasteiger partial charge on any atom is 0.348 e. The maximum atomic E-state index is 12.6. The highest BCUT2D eigenvalue weighted by Crippen LogP contribution is 2.34. The average Bonchev–Trinajstić information content (AvgIpc) is 3.48. The Morgan fingerprint density at radius 2 is 1.76 bits per heavy atom. The number of nitrogens with one attached hydrogen (secondary N) is 2. The summed E-state index contributed by atoms with van der Waals surface area (Å²) in [4.78, 5) is 57.5. The van der Waals surface area contributed by atoms with Gasteiger partial charge in [0, 0.05) is 5.56 Å². The summed E-state index contributed by atoms with van der Waals surface area (Å²) < 4.78 is 15.0. The summed E-state index contributed by atoms with van der Waals surface area (Å²) in [7, 11) is 1.19. The number of hydrogen-bond acceptors (Lipinski definition) is 9. The fourth-order valence-corrected chi connectivity index (χ4v) is 4.69. The van der Waals surface area contributed by atoms with E-state index in [2.05, 4.69) is 15.3 Å². The first-order chi connectivity index (χ1) is 17.8. The van der Waals surface area contributed by atoms with Crippen LogP contribution in [0.4, 0.5) is 5.00 Å². The Kier molecular flexibility index (Phi) is 7.63. The first-order valence-corrected chi connectivity index (χ1v) is 12.0. The second-order valence-electron chi connectivity index (χ2n) is 7.78. The number of anilines is 1. The van der Waals surface area contributed by atoms with Gasteiger partial charge in [-0.3, -0.25) is 4.79 Å². The van der Waals surface area contributed by atoms with Gasteiger partial charge in [0.05, 0.1) is 35.9 Å². The number of benzene rings is 2. The third kappa shape index (κ3) is 5.51. The predicted molar refractivity (Wildman–Crippen MR) is 137 cm³/mol. The standard InChI is InChI=1S/C26H23N3O7S/c1-4-35-26(33)21-14(2)20(25(32)34-3)23(37-21)29-19(30)13-36-24(31)16-10-11-17-18(12-16)28-22(27-17)15-8-6-5-7-9-15/h5-12H,4,13H2,1-3H3,(H,27,28)(H,29,30). The number of carbonyl (C=O) groups is 4. The van der Waals surface area contributed by atoms with Crippen molar-refractivity contribution < 1.29 is 33.4 Å². The van der Waals surface area contributed by atoms with Crippen LogP contribution >= 0.6 is 11.3 Å². The Labute approximate surface area is 215 Å². The van der Waals surface area contributed by atoms with E-state index in [-0.39, 0.29) is 27.6 Å². The molecular formula is C26H23N3O7S. The van der Waals surface area contributed by atoms with Crippen molar-refractivity contribution in [2.24, 2.45) is 0 Å². The largest absolute Gasteiger partial charge is 0.465 e. The Hall–Kier alpha value is -4.51.